The molecule has 3 N–H and O–H groups in total. The Labute approximate surface area is 136 Å². The van der Waals surface area contributed by atoms with Gasteiger partial charge in [0.15, 0.2) is 11.6 Å². The van der Waals surface area contributed by atoms with E-state index < -0.39 is 10.8 Å². The van der Waals surface area contributed by atoms with E-state index in [1.807, 2.05) is 0 Å². The number of aromatic nitrogens is 4. The molecule has 1 aliphatic heterocycles. The molecule has 0 spiro atoms. The highest BCUT2D eigenvalue weighted by Crippen LogP contribution is 2.27. The van der Waals surface area contributed by atoms with Crippen molar-refractivity contribution < 1.29 is 9.32 Å². The van der Waals surface area contributed by atoms with Crippen LogP contribution in [0.15, 0.2) is 6.33 Å². The van der Waals surface area contributed by atoms with Crippen LogP contribution in [0.4, 0.5) is 17.6 Å². The largest absolute Gasteiger partial charge is 0.395 e. The summed E-state index contributed by atoms with van der Waals surface area (Å²) in [6.45, 7) is 1.68. The molecule has 0 aliphatic carbocycles. The predicted molar refractivity (Wildman–Crippen MR) is 90.3 cm³/mol. The van der Waals surface area contributed by atoms with Gasteiger partial charge in [-0.25, -0.2) is 15.0 Å². The molecule has 0 saturated carbocycles. The van der Waals surface area contributed by atoms with E-state index >= 15 is 0 Å². The topological polar surface area (TPSA) is 116 Å². The highest BCUT2D eigenvalue weighted by Gasteiger charge is 2.22. The Morgan fingerprint density at radius 1 is 1.26 bits per heavy atom. The molecule has 0 bridgehead atoms. The number of fused-ring (bicyclic) bond motifs is 1. The van der Waals surface area contributed by atoms with Crippen molar-refractivity contribution in [1.29, 1.82) is 0 Å². The minimum absolute atomic E-state index is 0.0103. The van der Waals surface area contributed by atoms with Crippen LogP contribution in [-0.2, 0) is 10.8 Å². The molecule has 2 aromatic rings. The van der Waals surface area contributed by atoms with Crippen molar-refractivity contribution in [3.63, 3.8) is 0 Å². The summed E-state index contributed by atoms with van der Waals surface area (Å²) in [6.07, 6.45) is 1.48. The number of anilines is 3. The van der Waals surface area contributed by atoms with E-state index in [0.717, 1.165) is 0 Å². The van der Waals surface area contributed by atoms with Crippen LogP contribution in [0.5, 0.6) is 0 Å². The minimum atomic E-state index is -0.763. The van der Waals surface area contributed by atoms with E-state index in [0.29, 0.717) is 59.8 Å². The van der Waals surface area contributed by atoms with Crippen molar-refractivity contribution in [3.05, 3.63) is 6.33 Å². The number of rotatable bonds is 5. The van der Waals surface area contributed by atoms with Gasteiger partial charge in [0.05, 0.1) is 6.61 Å². The molecule has 2 aromatic heterocycles. The number of aliphatic hydroxyl groups is 1. The summed E-state index contributed by atoms with van der Waals surface area (Å²) in [6, 6.07) is 0. The zero-order chi connectivity index (χ0) is 16.2. The molecule has 0 radical (unpaired) electrons. The van der Waals surface area contributed by atoms with Gasteiger partial charge in [-0.15, -0.1) is 0 Å². The van der Waals surface area contributed by atoms with Crippen molar-refractivity contribution in [1.82, 2.24) is 19.9 Å². The molecule has 0 unspecified atom stereocenters. The number of hydrogen-bond acceptors (Lipinski definition) is 9. The average molecular weight is 337 g/mol. The third-order valence-corrected chi connectivity index (χ3v) is 4.85. The zero-order valence-electron chi connectivity index (χ0n) is 12.8. The molecular formula is C13H19N7O2S. The van der Waals surface area contributed by atoms with Gasteiger partial charge < -0.3 is 20.6 Å². The fourth-order valence-corrected chi connectivity index (χ4v) is 3.48. The van der Waals surface area contributed by atoms with Gasteiger partial charge in [-0.1, -0.05) is 0 Å². The molecule has 9 nitrogen and oxygen atoms in total. The van der Waals surface area contributed by atoms with Crippen LogP contribution >= 0.6 is 0 Å². The highest BCUT2D eigenvalue weighted by molar-refractivity contribution is 7.85. The zero-order valence-corrected chi connectivity index (χ0v) is 13.6. The van der Waals surface area contributed by atoms with Crippen LogP contribution in [0, 0.1) is 0 Å². The molecule has 1 saturated heterocycles. The molecule has 1 fully saturated rings. The van der Waals surface area contributed by atoms with Crippen LogP contribution in [0.2, 0.25) is 0 Å². The normalized spacial score (nSPS) is 15.8. The lowest BCUT2D eigenvalue weighted by Crippen LogP contribution is -2.38. The molecule has 0 amide bonds. The lowest BCUT2D eigenvalue weighted by Gasteiger charge is -2.28. The summed E-state index contributed by atoms with van der Waals surface area (Å²) >= 11 is 0. The number of nitrogens with zero attached hydrogens (tertiary/aromatic N) is 5. The Hall–Kier alpha value is -2.07. The smallest absolute Gasteiger partial charge is 0.225 e. The Bertz CT molecular complexity index is 717. The van der Waals surface area contributed by atoms with Gasteiger partial charge in [0, 0.05) is 49.0 Å². The molecule has 1 aliphatic rings. The lowest BCUT2D eigenvalue weighted by molar-refractivity contribution is 0.311. The van der Waals surface area contributed by atoms with E-state index in [1.54, 1.807) is 7.05 Å². The highest BCUT2D eigenvalue weighted by atomic mass is 32.2. The molecule has 23 heavy (non-hydrogen) atoms. The van der Waals surface area contributed by atoms with E-state index in [1.165, 1.54) is 6.33 Å². The molecule has 3 heterocycles. The summed E-state index contributed by atoms with van der Waals surface area (Å²) in [5, 5.41) is 15.0. The maximum Gasteiger partial charge on any atom is 0.225 e. The van der Waals surface area contributed by atoms with Crippen molar-refractivity contribution in [2.24, 2.45) is 0 Å². The third-order valence-electron chi connectivity index (χ3n) is 3.57. The third kappa shape index (κ3) is 3.32. The van der Waals surface area contributed by atoms with Gasteiger partial charge in [0.2, 0.25) is 5.95 Å². The Kier molecular flexibility index (Phi) is 4.82. The summed E-state index contributed by atoms with van der Waals surface area (Å²) in [5.41, 5.74) is 1.28. The quantitative estimate of drug-likeness (QED) is 0.660. The monoisotopic (exact) mass is 337 g/mol. The fourth-order valence-electron chi connectivity index (χ4n) is 2.43. The van der Waals surface area contributed by atoms with Crippen LogP contribution in [-0.4, -0.2) is 74.0 Å². The Morgan fingerprint density at radius 3 is 2.74 bits per heavy atom. The van der Waals surface area contributed by atoms with E-state index in [2.05, 4.69) is 35.5 Å². The van der Waals surface area contributed by atoms with Gasteiger partial charge >= 0.3 is 0 Å². The summed E-state index contributed by atoms with van der Waals surface area (Å²) in [4.78, 5) is 19.6. The van der Waals surface area contributed by atoms with Crippen LogP contribution in [0.1, 0.15) is 0 Å². The van der Waals surface area contributed by atoms with Gasteiger partial charge in [-0.05, 0) is 0 Å². The first-order chi connectivity index (χ1) is 11.2. The second kappa shape index (κ2) is 7.01. The molecule has 10 heteroatoms. The van der Waals surface area contributed by atoms with Crippen LogP contribution in [0.25, 0.3) is 11.0 Å². The fraction of sp³-hybridized carbons (Fsp3) is 0.538. The number of aliphatic hydroxyl groups excluding tert-OH is 1. The van der Waals surface area contributed by atoms with E-state index in [4.69, 9.17) is 5.11 Å². The van der Waals surface area contributed by atoms with Crippen molar-refractivity contribution >= 4 is 39.4 Å². The second-order valence-corrected chi connectivity index (χ2v) is 6.72. The summed E-state index contributed by atoms with van der Waals surface area (Å²) in [5.74, 6) is 2.97. The Morgan fingerprint density at radius 2 is 2.04 bits per heavy atom. The Balaban J connectivity index is 2.08. The van der Waals surface area contributed by atoms with E-state index in [9.17, 15) is 4.21 Å². The summed E-state index contributed by atoms with van der Waals surface area (Å²) in [7, 11) is 1.01. The lowest BCUT2D eigenvalue weighted by atomic mass is 10.3. The first-order valence-electron chi connectivity index (χ1n) is 7.38. The second-order valence-electron chi connectivity index (χ2n) is 5.03. The molecule has 124 valence electrons. The van der Waals surface area contributed by atoms with Gasteiger partial charge in [-0.3, -0.25) is 4.21 Å². The molecule has 3 rings (SSSR count). The van der Waals surface area contributed by atoms with Crippen molar-refractivity contribution in [2.75, 3.05) is 60.3 Å². The van der Waals surface area contributed by atoms with Gasteiger partial charge in [0.25, 0.3) is 0 Å². The van der Waals surface area contributed by atoms with Crippen LogP contribution < -0.4 is 15.5 Å². The molecular weight excluding hydrogens is 318 g/mol. The maximum absolute atomic E-state index is 11.6. The molecule has 0 atom stereocenters. The maximum atomic E-state index is 11.6. The summed E-state index contributed by atoms with van der Waals surface area (Å²) < 4.78 is 11.6. The van der Waals surface area contributed by atoms with Crippen molar-refractivity contribution in [3.8, 4) is 0 Å². The SMILES string of the molecule is CNc1ncnc2c(N3CCS(=O)CC3)nc(NCCO)nc12. The average Bonchev–Trinajstić information content (AvgIpc) is 2.59. The van der Waals surface area contributed by atoms with Crippen molar-refractivity contribution in [2.45, 2.75) is 0 Å². The van der Waals surface area contributed by atoms with Crippen LogP contribution in [0.3, 0.4) is 0 Å². The molecule has 0 aromatic carbocycles. The number of hydrogen-bond donors (Lipinski definition) is 3. The standard InChI is InChI=1S/C13H19N7O2S/c1-14-11-9-10(16-8-17-11)12(19-13(18-9)15-2-5-21)20-3-6-23(22)7-4-20/h8,21H,2-7H2,1H3,(H,14,16,17)(H,15,18,19). The number of nitrogens with one attached hydrogen (secondary N) is 2. The van der Waals surface area contributed by atoms with Gasteiger partial charge in [-0.2, -0.15) is 4.98 Å². The first-order valence-corrected chi connectivity index (χ1v) is 8.87. The first kappa shape index (κ1) is 15.8. The predicted octanol–water partition coefficient (Wildman–Crippen LogP) is -0.566. The van der Waals surface area contributed by atoms with Gasteiger partial charge in [0.1, 0.15) is 17.4 Å². The minimum Gasteiger partial charge on any atom is -0.395 e. The van der Waals surface area contributed by atoms with E-state index in [-0.39, 0.29) is 6.61 Å².